The number of hydrogen-bond donors (Lipinski definition) is 1. The Bertz CT molecular complexity index is 824. The molecule has 1 amide bonds. The highest BCUT2D eigenvalue weighted by Gasteiger charge is 2.56. The number of rotatable bonds is 2. The third-order valence-corrected chi connectivity index (χ3v) is 7.96. The quantitative estimate of drug-likeness (QED) is 0.725. The van der Waals surface area contributed by atoms with E-state index in [1.54, 1.807) is 0 Å². The molecule has 0 radical (unpaired) electrons. The molecule has 29 heavy (non-hydrogen) atoms. The second-order valence-corrected chi connectivity index (χ2v) is 10.7. The maximum absolute atomic E-state index is 13.1. The number of methoxy groups -OCH3 is 1. The van der Waals surface area contributed by atoms with Crippen molar-refractivity contribution >= 4 is 11.9 Å². The van der Waals surface area contributed by atoms with E-state index in [1.165, 1.54) is 18.2 Å². The lowest BCUT2D eigenvalue weighted by molar-refractivity contribution is -0.131. The average Bonchev–Trinajstić information content (AvgIpc) is 3.02. The largest absolute Gasteiger partial charge is 0.465 e. The lowest BCUT2D eigenvalue weighted by Gasteiger charge is -2.51. The summed E-state index contributed by atoms with van der Waals surface area (Å²) in [6, 6.07) is 6.13. The fraction of sp³-hybridized carbons (Fsp3) is 0.680. The van der Waals surface area contributed by atoms with Crippen LogP contribution in [0.1, 0.15) is 87.2 Å². The molecule has 3 aliphatic rings. The maximum Gasteiger partial charge on any atom is 0.337 e. The summed E-state index contributed by atoms with van der Waals surface area (Å²) >= 11 is 0. The lowest BCUT2D eigenvalue weighted by atomic mass is 9.54. The van der Waals surface area contributed by atoms with Gasteiger partial charge in [0, 0.05) is 11.5 Å². The zero-order chi connectivity index (χ0) is 21.0. The van der Waals surface area contributed by atoms with Gasteiger partial charge in [0.2, 0.25) is 5.91 Å². The van der Waals surface area contributed by atoms with Crippen molar-refractivity contribution < 1.29 is 14.3 Å². The van der Waals surface area contributed by atoms with E-state index in [0.717, 1.165) is 38.5 Å². The summed E-state index contributed by atoms with van der Waals surface area (Å²) in [5, 5.41) is 3.25. The van der Waals surface area contributed by atoms with Crippen LogP contribution in [-0.4, -0.2) is 24.5 Å². The summed E-state index contributed by atoms with van der Waals surface area (Å²) in [7, 11) is 1.44. The molecule has 4 rings (SSSR count). The van der Waals surface area contributed by atoms with Crippen molar-refractivity contribution in [3.63, 3.8) is 0 Å². The van der Waals surface area contributed by atoms with E-state index in [4.69, 9.17) is 4.74 Å². The van der Waals surface area contributed by atoms with Crippen LogP contribution in [0.5, 0.6) is 0 Å². The predicted molar refractivity (Wildman–Crippen MR) is 114 cm³/mol. The Morgan fingerprint density at radius 3 is 2.59 bits per heavy atom. The van der Waals surface area contributed by atoms with Crippen LogP contribution in [0.15, 0.2) is 18.2 Å². The Balaban J connectivity index is 1.57. The smallest absolute Gasteiger partial charge is 0.337 e. The summed E-state index contributed by atoms with van der Waals surface area (Å²) in [6.07, 6.45) is 6.61. The van der Waals surface area contributed by atoms with Crippen LogP contribution in [-0.2, 0) is 16.0 Å². The highest BCUT2D eigenvalue weighted by molar-refractivity contribution is 5.89. The zero-order valence-corrected chi connectivity index (χ0v) is 18.5. The highest BCUT2D eigenvalue weighted by atomic mass is 16.5. The molecule has 3 aliphatic carbocycles. The van der Waals surface area contributed by atoms with Gasteiger partial charge in [-0.25, -0.2) is 4.79 Å². The van der Waals surface area contributed by atoms with Crippen molar-refractivity contribution in [3.05, 3.63) is 34.9 Å². The molecule has 0 aromatic heterocycles. The number of aryl methyl sites for hydroxylation is 1. The second kappa shape index (κ2) is 7.14. The van der Waals surface area contributed by atoms with Gasteiger partial charge in [-0.2, -0.15) is 0 Å². The van der Waals surface area contributed by atoms with E-state index in [-0.39, 0.29) is 28.7 Å². The summed E-state index contributed by atoms with van der Waals surface area (Å²) in [5.41, 5.74) is 3.34. The van der Waals surface area contributed by atoms with Crippen LogP contribution in [0.25, 0.3) is 0 Å². The van der Waals surface area contributed by atoms with Crippen LogP contribution in [0.2, 0.25) is 0 Å². The SMILES string of the molecule is COC(=O)c1ccc2c(c1)CC[C@@H]1[C@@H]2CC[C@]2(C)[C@@H](C(=O)NC(C)(C)C)CC[C@@H]12. The summed E-state index contributed by atoms with van der Waals surface area (Å²) in [5.74, 6) is 1.96. The Morgan fingerprint density at radius 2 is 1.90 bits per heavy atom. The van der Waals surface area contributed by atoms with Gasteiger partial charge in [0.05, 0.1) is 12.7 Å². The van der Waals surface area contributed by atoms with Crippen molar-refractivity contribution in [2.24, 2.45) is 23.2 Å². The van der Waals surface area contributed by atoms with E-state index in [2.05, 4.69) is 39.1 Å². The van der Waals surface area contributed by atoms with Gasteiger partial charge in [-0.3, -0.25) is 4.79 Å². The molecule has 1 N–H and O–H groups in total. The number of hydrogen-bond acceptors (Lipinski definition) is 3. The molecule has 2 fully saturated rings. The molecule has 1 aromatic carbocycles. The van der Waals surface area contributed by atoms with Gasteiger partial charge < -0.3 is 10.1 Å². The number of ether oxygens (including phenoxy) is 1. The van der Waals surface area contributed by atoms with E-state index < -0.39 is 0 Å². The molecule has 0 aliphatic heterocycles. The topological polar surface area (TPSA) is 55.4 Å². The van der Waals surface area contributed by atoms with E-state index in [1.807, 2.05) is 12.1 Å². The van der Waals surface area contributed by atoms with Crippen LogP contribution in [0, 0.1) is 23.2 Å². The Labute approximate surface area is 174 Å². The van der Waals surface area contributed by atoms with Gasteiger partial charge in [0.25, 0.3) is 0 Å². The Hall–Kier alpha value is -1.84. The second-order valence-electron chi connectivity index (χ2n) is 10.7. The maximum atomic E-state index is 13.1. The number of nitrogens with one attached hydrogen (secondary N) is 1. The van der Waals surface area contributed by atoms with E-state index in [0.29, 0.717) is 23.3 Å². The number of esters is 1. The fourth-order valence-corrected chi connectivity index (χ4v) is 6.71. The molecule has 0 saturated heterocycles. The number of fused-ring (bicyclic) bond motifs is 5. The van der Waals surface area contributed by atoms with Gasteiger partial charge >= 0.3 is 5.97 Å². The molecule has 5 atom stereocenters. The molecule has 158 valence electrons. The van der Waals surface area contributed by atoms with Gasteiger partial charge in [0.15, 0.2) is 0 Å². The summed E-state index contributed by atoms with van der Waals surface area (Å²) in [6.45, 7) is 8.58. The van der Waals surface area contributed by atoms with Gasteiger partial charge in [-0.05, 0) is 106 Å². The summed E-state index contributed by atoms with van der Waals surface area (Å²) in [4.78, 5) is 25.0. The molecule has 0 heterocycles. The first kappa shape index (κ1) is 20.4. The van der Waals surface area contributed by atoms with Crippen LogP contribution in [0.4, 0.5) is 0 Å². The first-order valence-corrected chi connectivity index (χ1v) is 11.2. The minimum absolute atomic E-state index is 0.111. The molecular formula is C25H35NO3. The molecule has 2 saturated carbocycles. The van der Waals surface area contributed by atoms with Crippen molar-refractivity contribution in [1.82, 2.24) is 5.32 Å². The molecule has 1 aromatic rings. The van der Waals surface area contributed by atoms with Crippen LogP contribution in [0.3, 0.4) is 0 Å². The molecule has 0 spiro atoms. The highest BCUT2D eigenvalue weighted by Crippen LogP contribution is 2.63. The molecule has 4 nitrogen and oxygen atoms in total. The zero-order valence-electron chi connectivity index (χ0n) is 18.5. The average molecular weight is 398 g/mol. The number of carbonyl (C=O) groups excluding carboxylic acids is 2. The lowest BCUT2D eigenvalue weighted by Crippen LogP contribution is -2.50. The molecule has 0 bridgehead atoms. The van der Waals surface area contributed by atoms with Gasteiger partial charge in [-0.15, -0.1) is 0 Å². The van der Waals surface area contributed by atoms with Crippen molar-refractivity contribution in [3.8, 4) is 0 Å². The standard InChI is InChI=1S/C25H35NO3/c1-24(2,3)26-22(27)21-11-10-20-19-9-6-15-14-16(23(28)29-5)7-8-17(15)18(19)12-13-25(20,21)4/h7-8,14,18-21H,6,9-13H2,1-5H3,(H,26,27)/t18-,19-,20+,21-,25+/m1/s1. The van der Waals surface area contributed by atoms with Crippen molar-refractivity contribution in [2.45, 2.75) is 77.7 Å². The Kier molecular flexibility index (Phi) is 5.03. The first-order valence-electron chi connectivity index (χ1n) is 11.2. The van der Waals surface area contributed by atoms with Crippen molar-refractivity contribution in [2.75, 3.05) is 7.11 Å². The van der Waals surface area contributed by atoms with E-state index in [9.17, 15) is 9.59 Å². The molecule has 4 heteroatoms. The Morgan fingerprint density at radius 1 is 1.14 bits per heavy atom. The minimum atomic E-state index is -0.255. The van der Waals surface area contributed by atoms with Gasteiger partial charge in [-0.1, -0.05) is 13.0 Å². The predicted octanol–water partition coefficient (Wildman–Crippen LogP) is 4.86. The van der Waals surface area contributed by atoms with Crippen LogP contribution >= 0.6 is 0 Å². The van der Waals surface area contributed by atoms with Crippen molar-refractivity contribution in [1.29, 1.82) is 0 Å². The fourth-order valence-electron chi connectivity index (χ4n) is 6.71. The number of benzene rings is 1. The molecular weight excluding hydrogens is 362 g/mol. The third kappa shape index (κ3) is 3.49. The monoisotopic (exact) mass is 397 g/mol. The summed E-state index contributed by atoms with van der Waals surface area (Å²) < 4.78 is 4.90. The number of amides is 1. The molecule has 0 unspecified atom stereocenters. The van der Waals surface area contributed by atoms with Crippen LogP contribution < -0.4 is 5.32 Å². The van der Waals surface area contributed by atoms with E-state index >= 15 is 0 Å². The normalized spacial score (nSPS) is 33.3. The minimum Gasteiger partial charge on any atom is -0.465 e. The third-order valence-electron chi connectivity index (χ3n) is 7.96. The number of carbonyl (C=O) groups is 2. The first-order chi connectivity index (χ1) is 13.6. The van der Waals surface area contributed by atoms with Gasteiger partial charge in [0.1, 0.15) is 0 Å².